The standard InChI is InChI=1S/C21H26FN6O2/c1-24-18-17(19(29)28(21(24)30)12-11-25-9-3-2-4-10-25)27-14-13-26(20(27)23-18)16-7-5-15(22)6-8-16/h5-8,17H,2-4,9-14H2,1H3/q+1. The maximum atomic E-state index is 13.3. The van der Waals surface area contributed by atoms with Crippen LogP contribution in [0.15, 0.2) is 29.3 Å². The van der Waals surface area contributed by atoms with E-state index in [0.29, 0.717) is 38.0 Å². The Labute approximate surface area is 174 Å². The third kappa shape index (κ3) is 3.08. The summed E-state index contributed by atoms with van der Waals surface area (Å²) in [7, 11) is 1.68. The summed E-state index contributed by atoms with van der Waals surface area (Å²) in [4.78, 5) is 38.1. The van der Waals surface area contributed by atoms with Gasteiger partial charge in [-0.1, -0.05) is 11.4 Å². The molecule has 5 rings (SSSR count). The molecule has 3 amide bonds. The lowest BCUT2D eigenvalue weighted by Gasteiger charge is -2.35. The number of carbonyl (C=O) groups is 2. The molecule has 4 aliphatic rings. The molecule has 0 radical (unpaired) electrons. The smallest absolute Gasteiger partial charge is 0.302 e. The van der Waals surface area contributed by atoms with E-state index >= 15 is 0 Å². The zero-order valence-corrected chi connectivity index (χ0v) is 17.1. The van der Waals surface area contributed by atoms with E-state index < -0.39 is 6.04 Å². The van der Waals surface area contributed by atoms with Crippen LogP contribution in [0.25, 0.3) is 0 Å². The molecule has 8 nitrogen and oxygen atoms in total. The Morgan fingerprint density at radius 3 is 2.53 bits per heavy atom. The number of amides is 3. The minimum absolute atomic E-state index is 0.204. The quantitative estimate of drug-likeness (QED) is 0.696. The number of guanidine groups is 1. The molecule has 0 spiro atoms. The lowest BCUT2D eigenvalue weighted by Crippen LogP contribution is -2.63. The van der Waals surface area contributed by atoms with Crippen molar-refractivity contribution >= 4 is 29.4 Å². The van der Waals surface area contributed by atoms with Gasteiger partial charge in [-0.3, -0.25) is 14.6 Å². The molecule has 1 atom stereocenters. The van der Waals surface area contributed by atoms with Crippen LogP contribution >= 0.6 is 0 Å². The molecule has 0 saturated carbocycles. The van der Waals surface area contributed by atoms with E-state index in [2.05, 4.69) is 9.89 Å². The summed E-state index contributed by atoms with van der Waals surface area (Å²) >= 11 is 0. The van der Waals surface area contributed by atoms with Crippen LogP contribution in [0, 0.1) is 5.82 Å². The largest absolute Gasteiger partial charge is 0.397 e. The van der Waals surface area contributed by atoms with Crippen LogP contribution in [0.3, 0.4) is 0 Å². The van der Waals surface area contributed by atoms with Crippen LogP contribution in [-0.2, 0) is 4.79 Å². The first-order valence-corrected chi connectivity index (χ1v) is 10.6. The molecular weight excluding hydrogens is 387 g/mol. The average molecular weight is 413 g/mol. The van der Waals surface area contributed by atoms with Gasteiger partial charge in [0.25, 0.3) is 5.91 Å². The van der Waals surface area contributed by atoms with E-state index in [1.807, 2.05) is 9.48 Å². The maximum Gasteiger partial charge on any atom is 0.397 e. The average Bonchev–Trinajstić information content (AvgIpc) is 3.33. The van der Waals surface area contributed by atoms with Crippen LogP contribution in [0.4, 0.5) is 14.9 Å². The number of amidine groups is 1. The number of hydrogen-bond acceptors (Lipinski definition) is 5. The van der Waals surface area contributed by atoms with E-state index in [-0.39, 0.29) is 17.8 Å². The predicted octanol–water partition coefficient (Wildman–Crippen LogP) is 1.17. The Hall–Kier alpha value is -2.81. The zero-order valence-electron chi connectivity index (χ0n) is 17.1. The van der Waals surface area contributed by atoms with E-state index in [1.165, 1.54) is 41.2 Å². The molecule has 1 unspecified atom stereocenters. The van der Waals surface area contributed by atoms with Gasteiger partial charge in [-0.05, 0) is 50.2 Å². The van der Waals surface area contributed by atoms with Crippen molar-refractivity contribution in [1.29, 1.82) is 0 Å². The minimum Gasteiger partial charge on any atom is -0.302 e. The van der Waals surface area contributed by atoms with Gasteiger partial charge in [-0.2, -0.15) is 0 Å². The van der Waals surface area contributed by atoms with E-state index in [1.54, 1.807) is 19.2 Å². The number of likely N-dealkylation sites (tertiary alicyclic amines) is 1. The summed E-state index contributed by atoms with van der Waals surface area (Å²) in [6, 6.07) is 5.34. The maximum absolute atomic E-state index is 13.3. The van der Waals surface area contributed by atoms with Crippen LogP contribution in [0.2, 0.25) is 0 Å². The number of fused-ring (bicyclic) bond motifs is 2. The Morgan fingerprint density at radius 1 is 1.07 bits per heavy atom. The fourth-order valence-electron chi connectivity index (χ4n) is 4.75. The third-order valence-electron chi connectivity index (χ3n) is 6.42. The van der Waals surface area contributed by atoms with Gasteiger partial charge in [0.15, 0.2) is 0 Å². The molecule has 158 valence electrons. The van der Waals surface area contributed by atoms with Gasteiger partial charge in [0, 0.05) is 20.1 Å². The molecule has 30 heavy (non-hydrogen) atoms. The third-order valence-corrected chi connectivity index (χ3v) is 6.42. The fraction of sp³-hybridized carbons (Fsp3) is 0.524. The van der Waals surface area contributed by atoms with Crippen molar-refractivity contribution in [3.8, 4) is 0 Å². The highest BCUT2D eigenvalue weighted by Crippen LogP contribution is 2.27. The second-order valence-corrected chi connectivity index (χ2v) is 8.23. The molecule has 4 heterocycles. The lowest BCUT2D eigenvalue weighted by atomic mass is 10.1. The van der Waals surface area contributed by atoms with Gasteiger partial charge < -0.3 is 4.90 Å². The van der Waals surface area contributed by atoms with Crippen LogP contribution in [0.1, 0.15) is 19.3 Å². The monoisotopic (exact) mass is 413 g/mol. The lowest BCUT2D eigenvalue weighted by molar-refractivity contribution is -0.525. The van der Waals surface area contributed by atoms with Crippen molar-refractivity contribution in [2.75, 3.05) is 51.2 Å². The summed E-state index contributed by atoms with van der Waals surface area (Å²) in [5.74, 6) is 0.620. The van der Waals surface area contributed by atoms with Crippen LogP contribution < -0.4 is 4.90 Å². The van der Waals surface area contributed by atoms with Crippen molar-refractivity contribution in [2.24, 2.45) is 4.99 Å². The number of nitrogens with zero attached hydrogens (tertiary/aromatic N) is 6. The molecule has 0 aliphatic carbocycles. The molecule has 0 N–H and O–H groups in total. The van der Waals surface area contributed by atoms with E-state index in [4.69, 9.17) is 0 Å². The summed E-state index contributed by atoms with van der Waals surface area (Å²) in [5, 5.41) is 0. The summed E-state index contributed by atoms with van der Waals surface area (Å²) in [5.41, 5.74) is 0.820. The first-order valence-electron chi connectivity index (χ1n) is 10.6. The number of benzene rings is 1. The molecule has 4 aliphatic heterocycles. The SMILES string of the molecule is CN1C(=O)N(CCN2CCCCC2)C(=O)C2C1=NC1=[N+]2CCN1c1ccc(F)cc1. The van der Waals surface area contributed by atoms with Gasteiger partial charge in [0.05, 0.1) is 6.54 Å². The first-order chi connectivity index (χ1) is 14.5. The zero-order chi connectivity index (χ0) is 20.8. The number of hydrogen-bond donors (Lipinski definition) is 0. The van der Waals surface area contributed by atoms with E-state index in [9.17, 15) is 14.0 Å². The molecule has 9 heteroatoms. The van der Waals surface area contributed by atoms with Gasteiger partial charge in [-0.15, -0.1) is 0 Å². The van der Waals surface area contributed by atoms with Crippen molar-refractivity contribution in [3.05, 3.63) is 30.1 Å². The predicted molar refractivity (Wildman–Crippen MR) is 110 cm³/mol. The molecule has 0 aromatic heterocycles. The van der Waals surface area contributed by atoms with Crippen molar-refractivity contribution < 1.29 is 18.6 Å². The molecule has 2 fully saturated rings. The highest BCUT2D eigenvalue weighted by Gasteiger charge is 2.55. The molecule has 2 saturated heterocycles. The minimum atomic E-state index is -0.575. The number of aliphatic imine (C=N–C) groups is 1. The first kappa shape index (κ1) is 19.2. The molecular formula is C21H26FN6O2+. The normalized spacial score (nSPS) is 24.5. The van der Waals surface area contributed by atoms with Gasteiger partial charge >= 0.3 is 12.0 Å². The van der Waals surface area contributed by atoms with Gasteiger partial charge in [0.2, 0.25) is 11.9 Å². The number of imide groups is 1. The molecule has 1 aromatic rings. The number of anilines is 1. The van der Waals surface area contributed by atoms with Crippen LogP contribution in [-0.4, -0.2) is 95.4 Å². The summed E-state index contributed by atoms with van der Waals surface area (Å²) < 4.78 is 15.3. The van der Waals surface area contributed by atoms with Crippen molar-refractivity contribution in [2.45, 2.75) is 25.3 Å². The Morgan fingerprint density at radius 2 is 1.80 bits per heavy atom. The number of carbonyl (C=O) groups excluding carboxylic acids is 2. The van der Waals surface area contributed by atoms with Crippen molar-refractivity contribution in [3.63, 3.8) is 0 Å². The number of rotatable bonds is 4. The summed E-state index contributed by atoms with van der Waals surface area (Å²) in [6.45, 7) is 4.45. The highest BCUT2D eigenvalue weighted by molar-refractivity contribution is 6.24. The van der Waals surface area contributed by atoms with E-state index in [0.717, 1.165) is 18.8 Å². The number of urea groups is 1. The number of piperidine rings is 1. The fourth-order valence-corrected chi connectivity index (χ4v) is 4.75. The van der Waals surface area contributed by atoms with Gasteiger partial charge in [-0.25, -0.2) is 18.7 Å². The second kappa shape index (κ2) is 7.46. The Balaban J connectivity index is 1.38. The highest BCUT2D eigenvalue weighted by atomic mass is 19.1. The molecule has 1 aromatic carbocycles. The Kier molecular flexibility index (Phi) is 4.77. The number of halogens is 1. The Bertz CT molecular complexity index is 937. The molecule has 0 bridgehead atoms. The topological polar surface area (TPSA) is 62.5 Å². The van der Waals surface area contributed by atoms with Crippen molar-refractivity contribution in [1.82, 2.24) is 14.7 Å². The van der Waals surface area contributed by atoms with Crippen LogP contribution in [0.5, 0.6) is 0 Å². The number of likely N-dealkylation sites (N-methyl/N-ethyl adjacent to an activating group) is 1. The summed E-state index contributed by atoms with van der Waals surface area (Å²) in [6.07, 6.45) is 3.60. The van der Waals surface area contributed by atoms with Gasteiger partial charge in [0.1, 0.15) is 18.0 Å². The second-order valence-electron chi connectivity index (χ2n) is 8.23.